The minimum atomic E-state index is 0.141. The van der Waals surface area contributed by atoms with Gasteiger partial charge in [0.25, 0.3) is 0 Å². The third-order valence-electron chi connectivity index (χ3n) is 4.12. The van der Waals surface area contributed by atoms with Gasteiger partial charge in [0.05, 0.1) is 18.7 Å². The highest BCUT2D eigenvalue weighted by molar-refractivity contribution is 5.72. The zero-order valence-electron chi connectivity index (χ0n) is 12.3. The maximum atomic E-state index is 5.82. The van der Waals surface area contributed by atoms with Gasteiger partial charge in [0, 0.05) is 13.7 Å². The second-order valence-electron chi connectivity index (χ2n) is 5.48. The largest absolute Gasteiger partial charge is 0.439 e. The Labute approximate surface area is 127 Å². The van der Waals surface area contributed by atoms with E-state index in [9.17, 15) is 0 Å². The Morgan fingerprint density at radius 2 is 2.32 bits per heavy atom. The molecule has 0 aliphatic carbocycles. The Hall–Kier alpha value is -2.25. The zero-order chi connectivity index (χ0) is 14.9. The molecule has 114 valence electrons. The number of nitrogens with one attached hydrogen (secondary N) is 1. The first-order valence-corrected chi connectivity index (χ1v) is 7.30. The summed E-state index contributed by atoms with van der Waals surface area (Å²) in [6.07, 6.45) is 2.60. The predicted molar refractivity (Wildman–Crippen MR) is 79.0 cm³/mol. The summed E-state index contributed by atoms with van der Waals surface area (Å²) in [7, 11) is 1.74. The number of ether oxygens (including phenoxy) is 1. The molecule has 0 spiro atoms. The van der Waals surface area contributed by atoms with E-state index in [0.717, 1.165) is 29.9 Å². The highest BCUT2D eigenvalue weighted by Gasteiger charge is 2.35. The number of hydrogen-bond acceptors (Lipinski definition) is 6. The maximum absolute atomic E-state index is 5.82. The van der Waals surface area contributed by atoms with Crippen LogP contribution >= 0.6 is 0 Å². The molecule has 0 bridgehead atoms. The van der Waals surface area contributed by atoms with E-state index in [-0.39, 0.29) is 12.1 Å². The monoisotopic (exact) mass is 299 g/mol. The standard InChI is InChI=1S/C15H17N5O2/c1-21-10-6-12(15-16-9-17-19-15)20(7-10)8-14-18-11-4-2-3-5-13(11)22-14/h2-5,9-10,12H,6-8H2,1H3,(H,16,17,19)/t10-,12+/m1/s1. The third kappa shape index (κ3) is 2.38. The van der Waals surface area contributed by atoms with Gasteiger partial charge >= 0.3 is 0 Å². The van der Waals surface area contributed by atoms with Gasteiger partial charge in [0.1, 0.15) is 17.7 Å². The van der Waals surface area contributed by atoms with Gasteiger partial charge in [-0.25, -0.2) is 9.97 Å². The van der Waals surface area contributed by atoms with E-state index in [1.54, 1.807) is 7.11 Å². The number of methoxy groups -OCH3 is 1. The molecular weight excluding hydrogens is 282 g/mol. The summed E-state index contributed by atoms with van der Waals surface area (Å²) in [6.45, 7) is 1.44. The van der Waals surface area contributed by atoms with Crippen LogP contribution in [0.5, 0.6) is 0 Å². The smallest absolute Gasteiger partial charge is 0.209 e. The molecule has 2 atom stereocenters. The molecule has 2 aromatic heterocycles. The Kier molecular flexibility index (Phi) is 3.36. The molecule has 1 N–H and O–H groups in total. The SMILES string of the molecule is CO[C@@H]1C[C@@H](c2ncn[nH]2)N(Cc2nc3ccccc3o2)C1. The van der Waals surface area contributed by atoms with Gasteiger partial charge in [-0.2, -0.15) is 5.10 Å². The molecule has 1 fully saturated rings. The van der Waals surface area contributed by atoms with Crippen LogP contribution in [0, 0.1) is 0 Å². The van der Waals surface area contributed by atoms with E-state index in [1.165, 1.54) is 6.33 Å². The number of aromatic amines is 1. The molecule has 4 rings (SSSR count). The molecule has 0 saturated carbocycles. The van der Waals surface area contributed by atoms with Gasteiger partial charge in [0.2, 0.25) is 5.89 Å². The van der Waals surface area contributed by atoms with Crippen LogP contribution in [0.3, 0.4) is 0 Å². The van der Waals surface area contributed by atoms with Crippen molar-refractivity contribution in [2.45, 2.75) is 25.1 Å². The lowest BCUT2D eigenvalue weighted by Gasteiger charge is -2.20. The number of H-pyrrole nitrogens is 1. The summed E-state index contributed by atoms with van der Waals surface area (Å²) >= 11 is 0. The van der Waals surface area contributed by atoms with Gasteiger partial charge < -0.3 is 9.15 Å². The summed E-state index contributed by atoms with van der Waals surface area (Å²) in [5.41, 5.74) is 1.70. The first-order chi connectivity index (χ1) is 10.8. The van der Waals surface area contributed by atoms with Gasteiger partial charge in [-0.3, -0.25) is 10.00 Å². The molecule has 3 heterocycles. The van der Waals surface area contributed by atoms with Crippen molar-refractivity contribution in [2.75, 3.05) is 13.7 Å². The normalized spacial score (nSPS) is 22.6. The number of nitrogens with zero attached hydrogens (tertiary/aromatic N) is 4. The van der Waals surface area contributed by atoms with Crippen molar-refractivity contribution in [1.82, 2.24) is 25.1 Å². The topological polar surface area (TPSA) is 80.1 Å². The van der Waals surface area contributed by atoms with Crippen LogP contribution in [0.25, 0.3) is 11.1 Å². The van der Waals surface area contributed by atoms with Crippen LogP contribution in [-0.4, -0.2) is 44.8 Å². The van der Waals surface area contributed by atoms with E-state index < -0.39 is 0 Å². The van der Waals surface area contributed by atoms with Crippen LogP contribution < -0.4 is 0 Å². The molecule has 1 aromatic carbocycles. The molecule has 0 radical (unpaired) electrons. The molecule has 1 aliphatic heterocycles. The average Bonchev–Trinajstić information content (AvgIpc) is 3.25. The number of para-hydroxylation sites is 2. The van der Waals surface area contributed by atoms with Crippen LogP contribution in [0.1, 0.15) is 24.2 Å². The van der Waals surface area contributed by atoms with Crippen molar-refractivity contribution in [2.24, 2.45) is 0 Å². The van der Waals surface area contributed by atoms with Crippen molar-refractivity contribution in [3.05, 3.63) is 42.3 Å². The lowest BCUT2D eigenvalue weighted by atomic mass is 10.2. The fourth-order valence-electron chi connectivity index (χ4n) is 3.03. The van der Waals surface area contributed by atoms with E-state index >= 15 is 0 Å². The number of fused-ring (bicyclic) bond motifs is 1. The maximum Gasteiger partial charge on any atom is 0.209 e. The molecule has 0 amide bonds. The van der Waals surface area contributed by atoms with Crippen LogP contribution in [-0.2, 0) is 11.3 Å². The summed E-state index contributed by atoms with van der Waals surface area (Å²) in [5, 5.41) is 6.91. The molecular formula is C15H17N5O2. The van der Waals surface area contributed by atoms with E-state index in [1.807, 2.05) is 24.3 Å². The second-order valence-corrected chi connectivity index (χ2v) is 5.48. The second kappa shape index (κ2) is 5.51. The lowest BCUT2D eigenvalue weighted by molar-refractivity contribution is 0.106. The molecule has 22 heavy (non-hydrogen) atoms. The minimum absolute atomic E-state index is 0.141. The van der Waals surface area contributed by atoms with Crippen molar-refractivity contribution in [3.63, 3.8) is 0 Å². The first kappa shape index (κ1) is 13.4. The van der Waals surface area contributed by atoms with E-state index in [4.69, 9.17) is 9.15 Å². The summed E-state index contributed by atoms with van der Waals surface area (Å²) in [5.74, 6) is 1.57. The van der Waals surface area contributed by atoms with Gasteiger partial charge in [-0.1, -0.05) is 12.1 Å². The molecule has 1 saturated heterocycles. The Bertz CT molecular complexity index is 721. The summed E-state index contributed by atoms with van der Waals surface area (Å²) < 4.78 is 11.3. The predicted octanol–water partition coefficient (Wildman–Crippen LogP) is 1.91. The number of rotatable bonds is 4. The Morgan fingerprint density at radius 1 is 1.41 bits per heavy atom. The Balaban J connectivity index is 1.59. The van der Waals surface area contributed by atoms with Gasteiger partial charge in [-0.15, -0.1) is 0 Å². The highest BCUT2D eigenvalue weighted by atomic mass is 16.5. The molecule has 3 aromatic rings. The minimum Gasteiger partial charge on any atom is -0.439 e. The fourth-order valence-corrected chi connectivity index (χ4v) is 3.03. The quantitative estimate of drug-likeness (QED) is 0.792. The zero-order valence-corrected chi connectivity index (χ0v) is 12.3. The average molecular weight is 299 g/mol. The summed E-state index contributed by atoms with van der Waals surface area (Å²) in [4.78, 5) is 11.1. The first-order valence-electron chi connectivity index (χ1n) is 7.30. The number of hydrogen-bond donors (Lipinski definition) is 1. The number of benzene rings is 1. The van der Waals surface area contributed by atoms with Crippen molar-refractivity contribution < 1.29 is 9.15 Å². The van der Waals surface area contributed by atoms with Crippen molar-refractivity contribution in [1.29, 1.82) is 0 Å². The highest BCUT2D eigenvalue weighted by Crippen LogP contribution is 2.32. The number of aromatic nitrogens is 4. The third-order valence-corrected chi connectivity index (χ3v) is 4.12. The van der Waals surface area contributed by atoms with Crippen molar-refractivity contribution >= 4 is 11.1 Å². The van der Waals surface area contributed by atoms with E-state index in [0.29, 0.717) is 12.4 Å². The molecule has 1 aliphatic rings. The molecule has 0 unspecified atom stereocenters. The molecule has 7 nitrogen and oxygen atoms in total. The van der Waals surface area contributed by atoms with Gasteiger partial charge in [0.15, 0.2) is 5.58 Å². The lowest BCUT2D eigenvalue weighted by Crippen LogP contribution is -2.25. The fraction of sp³-hybridized carbons (Fsp3) is 0.400. The van der Waals surface area contributed by atoms with Gasteiger partial charge in [-0.05, 0) is 18.6 Å². The van der Waals surface area contributed by atoms with Crippen LogP contribution in [0.4, 0.5) is 0 Å². The van der Waals surface area contributed by atoms with E-state index in [2.05, 4.69) is 25.1 Å². The summed E-state index contributed by atoms with van der Waals surface area (Å²) in [6, 6.07) is 7.94. The Morgan fingerprint density at radius 3 is 3.09 bits per heavy atom. The van der Waals surface area contributed by atoms with Crippen LogP contribution in [0.15, 0.2) is 35.0 Å². The number of oxazole rings is 1. The van der Waals surface area contributed by atoms with Crippen LogP contribution in [0.2, 0.25) is 0 Å². The molecule has 7 heteroatoms. The number of likely N-dealkylation sites (tertiary alicyclic amines) is 1. The van der Waals surface area contributed by atoms with Crippen molar-refractivity contribution in [3.8, 4) is 0 Å².